The average molecular weight is 309 g/mol. The molecule has 0 aliphatic carbocycles. The number of nitrogens with one attached hydrogen (secondary N) is 1. The number of benzene rings is 1. The van der Waals surface area contributed by atoms with Crippen LogP contribution in [0.15, 0.2) is 24.3 Å². The zero-order valence-corrected chi connectivity index (χ0v) is 14.3. The van der Waals surface area contributed by atoms with Gasteiger partial charge in [0.25, 0.3) is 0 Å². The number of amides is 1. The number of hydrogen-bond donors (Lipinski definition) is 1. The lowest BCUT2D eigenvalue weighted by atomic mass is 9.84. The van der Waals surface area contributed by atoms with Crippen molar-refractivity contribution < 1.29 is 13.9 Å². The molecule has 0 fully saturated rings. The van der Waals surface area contributed by atoms with E-state index in [2.05, 4.69) is 19.2 Å². The molecule has 0 aromatic heterocycles. The van der Waals surface area contributed by atoms with E-state index in [-0.39, 0.29) is 11.7 Å². The van der Waals surface area contributed by atoms with Gasteiger partial charge in [-0.05, 0) is 30.9 Å². The maximum Gasteiger partial charge on any atom is 0.248 e. The molecule has 0 bridgehead atoms. The minimum atomic E-state index is -0.491. The second kappa shape index (κ2) is 8.28. The molecule has 22 heavy (non-hydrogen) atoms. The van der Waals surface area contributed by atoms with E-state index < -0.39 is 11.5 Å². The van der Waals surface area contributed by atoms with Gasteiger partial charge in [-0.15, -0.1) is 0 Å². The van der Waals surface area contributed by atoms with Crippen molar-refractivity contribution in [3.8, 4) is 0 Å². The van der Waals surface area contributed by atoms with Gasteiger partial charge >= 0.3 is 0 Å². The predicted octanol–water partition coefficient (Wildman–Crippen LogP) is 3.67. The lowest BCUT2D eigenvalue weighted by molar-refractivity contribution is -0.132. The number of halogens is 1. The van der Waals surface area contributed by atoms with Gasteiger partial charge in [0.15, 0.2) is 0 Å². The Kier molecular flexibility index (Phi) is 7.01. The molecular weight excluding hydrogens is 281 g/mol. The third-order valence-corrected chi connectivity index (χ3v) is 3.74. The molecule has 0 saturated carbocycles. The quantitative estimate of drug-likeness (QED) is 0.795. The molecular formula is C18H28FNO2. The maximum atomic E-state index is 13.9. The largest absolute Gasteiger partial charge is 0.369 e. The van der Waals surface area contributed by atoms with Crippen molar-refractivity contribution in [2.24, 2.45) is 5.92 Å². The highest BCUT2D eigenvalue weighted by molar-refractivity contribution is 5.80. The van der Waals surface area contributed by atoms with Gasteiger partial charge in [0.05, 0.1) is 0 Å². The van der Waals surface area contributed by atoms with Crippen molar-refractivity contribution in [3.63, 3.8) is 0 Å². The number of carbonyl (C=O) groups is 1. The van der Waals surface area contributed by atoms with Crippen molar-refractivity contribution in [3.05, 3.63) is 35.6 Å². The molecule has 0 spiro atoms. The van der Waals surface area contributed by atoms with Crippen LogP contribution in [0.25, 0.3) is 0 Å². The Morgan fingerprint density at radius 1 is 1.27 bits per heavy atom. The highest BCUT2D eigenvalue weighted by atomic mass is 19.1. The fraction of sp³-hybridized carbons (Fsp3) is 0.611. The normalized spacial score (nSPS) is 13.2. The molecule has 1 aromatic rings. The Balaban J connectivity index is 2.50. The van der Waals surface area contributed by atoms with E-state index in [0.717, 1.165) is 6.42 Å². The molecule has 1 amide bonds. The van der Waals surface area contributed by atoms with Crippen molar-refractivity contribution >= 4 is 5.91 Å². The van der Waals surface area contributed by atoms with E-state index in [4.69, 9.17) is 4.74 Å². The van der Waals surface area contributed by atoms with Crippen LogP contribution in [0, 0.1) is 11.7 Å². The summed E-state index contributed by atoms with van der Waals surface area (Å²) < 4.78 is 19.4. The van der Waals surface area contributed by atoms with Crippen LogP contribution in [-0.4, -0.2) is 25.2 Å². The number of ether oxygens (including phenoxy) is 1. The molecule has 124 valence electrons. The standard InChI is InChI=1S/C18H28FNO2/c1-13(2)10-11-22-14(3)17(21)20-12-18(4,5)15-8-6-7-9-16(15)19/h6-9,13-14H,10-12H2,1-5H3,(H,20,21). The first-order valence-electron chi connectivity index (χ1n) is 7.88. The fourth-order valence-electron chi connectivity index (χ4n) is 2.11. The zero-order valence-electron chi connectivity index (χ0n) is 14.3. The van der Waals surface area contributed by atoms with Crippen LogP contribution in [0.2, 0.25) is 0 Å². The van der Waals surface area contributed by atoms with Gasteiger partial charge in [0.1, 0.15) is 11.9 Å². The number of rotatable bonds is 8. The van der Waals surface area contributed by atoms with E-state index in [1.54, 1.807) is 25.1 Å². The lowest BCUT2D eigenvalue weighted by Gasteiger charge is -2.27. The first-order valence-corrected chi connectivity index (χ1v) is 7.88. The third-order valence-electron chi connectivity index (χ3n) is 3.74. The Morgan fingerprint density at radius 3 is 2.50 bits per heavy atom. The molecule has 3 nitrogen and oxygen atoms in total. The smallest absolute Gasteiger partial charge is 0.248 e. The van der Waals surface area contributed by atoms with Crippen molar-refractivity contribution in [2.75, 3.05) is 13.2 Å². The third kappa shape index (κ3) is 5.76. The van der Waals surface area contributed by atoms with E-state index in [9.17, 15) is 9.18 Å². The van der Waals surface area contributed by atoms with Gasteiger partial charge in [-0.2, -0.15) is 0 Å². The molecule has 1 N–H and O–H groups in total. The SMILES string of the molecule is CC(C)CCOC(C)C(=O)NCC(C)(C)c1ccccc1F. The zero-order chi connectivity index (χ0) is 16.8. The van der Waals surface area contributed by atoms with Crippen LogP contribution in [0.5, 0.6) is 0 Å². The predicted molar refractivity (Wildman–Crippen MR) is 87.3 cm³/mol. The van der Waals surface area contributed by atoms with Gasteiger partial charge in [0.2, 0.25) is 5.91 Å². The van der Waals surface area contributed by atoms with Crippen LogP contribution < -0.4 is 5.32 Å². The summed E-state index contributed by atoms with van der Waals surface area (Å²) in [5.41, 5.74) is 0.127. The second-order valence-electron chi connectivity index (χ2n) is 6.78. The molecule has 0 aliphatic rings. The number of hydrogen-bond acceptors (Lipinski definition) is 2. The maximum absolute atomic E-state index is 13.9. The summed E-state index contributed by atoms with van der Waals surface area (Å²) in [6, 6.07) is 6.67. The van der Waals surface area contributed by atoms with E-state index >= 15 is 0 Å². The summed E-state index contributed by atoms with van der Waals surface area (Å²) in [6.07, 6.45) is 0.438. The van der Waals surface area contributed by atoms with E-state index in [1.807, 2.05) is 13.8 Å². The number of carbonyl (C=O) groups excluding carboxylic acids is 1. The van der Waals surface area contributed by atoms with Gasteiger partial charge in [0, 0.05) is 18.6 Å². The summed E-state index contributed by atoms with van der Waals surface area (Å²) in [4.78, 5) is 12.1. The summed E-state index contributed by atoms with van der Waals surface area (Å²) in [5.74, 6) is 0.145. The fourth-order valence-corrected chi connectivity index (χ4v) is 2.11. The average Bonchev–Trinajstić information content (AvgIpc) is 2.44. The molecule has 0 heterocycles. The molecule has 1 atom stereocenters. The van der Waals surface area contributed by atoms with Gasteiger partial charge < -0.3 is 10.1 Å². The second-order valence-corrected chi connectivity index (χ2v) is 6.78. The lowest BCUT2D eigenvalue weighted by Crippen LogP contribution is -2.42. The molecule has 4 heteroatoms. The van der Waals surface area contributed by atoms with Gasteiger partial charge in [-0.1, -0.05) is 45.9 Å². The van der Waals surface area contributed by atoms with Crippen molar-refractivity contribution in [1.82, 2.24) is 5.32 Å². The first kappa shape index (κ1) is 18.6. The topological polar surface area (TPSA) is 38.3 Å². The van der Waals surface area contributed by atoms with E-state index in [0.29, 0.717) is 24.6 Å². The Labute approximate surface area is 133 Å². The summed E-state index contributed by atoms with van der Waals surface area (Å²) in [6.45, 7) is 10.7. The van der Waals surface area contributed by atoms with Crippen LogP contribution in [0.3, 0.4) is 0 Å². The Hall–Kier alpha value is -1.42. The summed E-state index contributed by atoms with van der Waals surface area (Å²) >= 11 is 0. The van der Waals surface area contributed by atoms with Crippen LogP contribution in [0.4, 0.5) is 4.39 Å². The molecule has 0 radical (unpaired) electrons. The Bertz CT molecular complexity index is 486. The van der Waals surface area contributed by atoms with Crippen LogP contribution in [-0.2, 0) is 14.9 Å². The highest BCUT2D eigenvalue weighted by Gasteiger charge is 2.25. The van der Waals surface area contributed by atoms with Gasteiger partial charge in [-0.25, -0.2) is 4.39 Å². The van der Waals surface area contributed by atoms with Crippen LogP contribution in [0.1, 0.15) is 46.6 Å². The molecule has 1 rings (SSSR count). The van der Waals surface area contributed by atoms with Crippen molar-refractivity contribution in [2.45, 2.75) is 52.6 Å². The highest BCUT2D eigenvalue weighted by Crippen LogP contribution is 2.24. The van der Waals surface area contributed by atoms with Crippen LogP contribution >= 0.6 is 0 Å². The molecule has 0 saturated heterocycles. The summed E-state index contributed by atoms with van der Waals surface area (Å²) in [7, 11) is 0. The molecule has 1 unspecified atom stereocenters. The first-order chi connectivity index (χ1) is 10.2. The molecule has 0 aliphatic heterocycles. The molecule has 1 aromatic carbocycles. The Morgan fingerprint density at radius 2 is 1.91 bits per heavy atom. The summed E-state index contributed by atoms with van der Waals surface area (Å²) in [5, 5.41) is 2.86. The minimum absolute atomic E-state index is 0.159. The minimum Gasteiger partial charge on any atom is -0.369 e. The van der Waals surface area contributed by atoms with E-state index in [1.165, 1.54) is 6.07 Å². The van der Waals surface area contributed by atoms with Crippen molar-refractivity contribution in [1.29, 1.82) is 0 Å². The monoisotopic (exact) mass is 309 g/mol. The van der Waals surface area contributed by atoms with Gasteiger partial charge in [-0.3, -0.25) is 4.79 Å².